The molecular formula is C12H14Cl2O3. The number of ether oxygens (including phenoxy) is 2. The quantitative estimate of drug-likeness (QED) is 0.790. The Labute approximate surface area is 111 Å². The van der Waals surface area contributed by atoms with E-state index in [-0.39, 0.29) is 6.61 Å². The highest BCUT2D eigenvalue weighted by atomic mass is 35.5. The standard InChI is InChI=1S/C12H14Cl2O3/c1-12(2,3)17-11(15)7-16-10-5-8(13)4-9(14)6-10/h4-6H,7H2,1-3H3. The van der Waals surface area contributed by atoms with E-state index >= 15 is 0 Å². The summed E-state index contributed by atoms with van der Waals surface area (Å²) in [5.41, 5.74) is -0.521. The predicted octanol–water partition coefficient (Wildman–Crippen LogP) is 3.71. The van der Waals surface area contributed by atoms with E-state index < -0.39 is 11.6 Å². The highest BCUT2D eigenvalue weighted by Gasteiger charge is 2.16. The van der Waals surface area contributed by atoms with Crippen LogP contribution in [0.25, 0.3) is 0 Å². The molecule has 1 aromatic carbocycles. The van der Waals surface area contributed by atoms with E-state index in [1.54, 1.807) is 39.0 Å². The fraction of sp³-hybridized carbons (Fsp3) is 0.417. The minimum atomic E-state index is -0.521. The van der Waals surface area contributed by atoms with Gasteiger partial charge in [0.2, 0.25) is 0 Å². The molecule has 0 aliphatic rings. The number of carbonyl (C=O) groups is 1. The largest absolute Gasteiger partial charge is 0.482 e. The van der Waals surface area contributed by atoms with E-state index in [0.717, 1.165) is 0 Å². The smallest absolute Gasteiger partial charge is 0.344 e. The molecule has 0 heterocycles. The van der Waals surface area contributed by atoms with Crippen LogP contribution in [0.2, 0.25) is 10.0 Å². The minimum Gasteiger partial charge on any atom is -0.482 e. The number of esters is 1. The Bertz CT molecular complexity index is 390. The molecule has 0 fully saturated rings. The lowest BCUT2D eigenvalue weighted by molar-refractivity contribution is -0.157. The highest BCUT2D eigenvalue weighted by Crippen LogP contribution is 2.24. The van der Waals surface area contributed by atoms with E-state index in [1.165, 1.54) is 0 Å². The molecule has 0 amide bonds. The number of halogens is 2. The first-order chi connectivity index (χ1) is 7.76. The van der Waals surface area contributed by atoms with E-state index in [4.69, 9.17) is 32.7 Å². The van der Waals surface area contributed by atoms with Crippen molar-refractivity contribution in [1.29, 1.82) is 0 Å². The summed E-state index contributed by atoms with van der Waals surface area (Å²) < 4.78 is 10.3. The molecule has 0 bridgehead atoms. The van der Waals surface area contributed by atoms with Gasteiger partial charge in [-0.1, -0.05) is 23.2 Å². The Balaban J connectivity index is 2.53. The zero-order valence-corrected chi connectivity index (χ0v) is 11.4. The van der Waals surface area contributed by atoms with Crippen molar-refractivity contribution in [2.24, 2.45) is 0 Å². The summed E-state index contributed by atoms with van der Waals surface area (Å²) in [4.78, 5) is 11.4. The van der Waals surface area contributed by atoms with Crippen molar-refractivity contribution in [1.82, 2.24) is 0 Å². The van der Waals surface area contributed by atoms with Crippen molar-refractivity contribution in [2.75, 3.05) is 6.61 Å². The third-order valence-corrected chi connectivity index (χ3v) is 2.05. The molecule has 0 aromatic heterocycles. The van der Waals surface area contributed by atoms with Crippen LogP contribution in [0, 0.1) is 0 Å². The molecule has 5 heteroatoms. The van der Waals surface area contributed by atoms with Crippen LogP contribution < -0.4 is 4.74 Å². The lowest BCUT2D eigenvalue weighted by Gasteiger charge is -2.19. The van der Waals surface area contributed by atoms with E-state index in [2.05, 4.69) is 0 Å². The number of carbonyl (C=O) groups excluding carboxylic acids is 1. The monoisotopic (exact) mass is 276 g/mol. The molecule has 17 heavy (non-hydrogen) atoms. The number of rotatable bonds is 3. The average Bonchev–Trinajstić information content (AvgIpc) is 2.10. The van der Waals surface area contributed by atoms with Crippen molar-refractivity contribution in [3.63, 3.8) is 0 Å². The van der Waals surface area contributed by atoms with Crippen LogP contribution in [0.1, 0.15) is 20.8 Å². The Hall–Kier alpha value is -0.930. The molecule has 0 aliphatic heterocycles. The molecule has 0 spiro atoms. The van der Waals surface area contributed by atoms with Gasteiger partial charge in [0.15, 0.2) is 6.61 Å². The van der Waals surface area contributed by atoms with Crippen LogP contribution in [0.5, 0.6) is 5.75 Å². The molecule has 1 rings (SSSR count). The van der Waals surface area contributed by atoms with Crippen molar-refractivity contribution in [2.45, 2.75) is 26.4 Å². The SMILES string of the molecule is CC(C)(C)OC(=O)COc1cc(Cl)cc(Cl)c1. The molecule has 3 nitrogen and oxygen atoms in total. The second-order valence-electron chi connectivity index (χ2n) is 4.48. The van der Waals surface area contributed by atoms with Crippen LogP contribution in [0.4, 0.5) is 0 Å². The van der Waals surface area contributed by atoms with Gasteiger partial charge in [-0.3, -0.25) is 0 Å². The van der Waals surface area contributed by atoms with Crippen LogP contribution in [-0.2, 0) is 9.53 Å². The lowest BCUT2D eigenvalue weighted by atomic mass is 10.2. The normalized spacial score (nSPS) is 11.1. The van der Waals surface area contributed by atoms with Crippen LogP contribution in [0.3, 0.4) is 0 Å². The molecular weight excluding hydrogens is 263 g/mol. The second-order valence-corrected chi connectivity index (χ2v) is 5.35. The van der Waals surface area contributed by atoms with E-state index in [1.807, 2.05) is 0 Å². The van der Waals surface area contributed by atoms with Crippen LogP contribution >= 0.6 is 23.2 Å². The summed E-state index contributed by atoms with van der Waals surface area (Å²) in [6, 6.07) is 4.75. The summed E-state index contributed by atoms with van der Waals surface area (Å²) in [5, 5.41) is 0.911. The van der Waals surface area contributed by atoms with Gasteiger partial charge in [-0.05, 0) is 39.0 Å². The summed E-state index contributed by atoms with van der Waals surface area (Å²) in [7, 11) is 0. The summed E-state index contributed by atoms with van der Waals surface area (Å²) in [5.74, 6) is 0.00181. The van der Waals surface area contributed by atoms with Crippen molar-refractivity contribution in [3.8, 4) is 5.75 Å². The maximum absolute atomic E-state index is 11.4. The average molecular weight is 277 g/mol. The third-order valence-electron chi connectivity index (χ3n) is 1.61. The third kappa shape index (κ3) is 5.80. The fourth-order valence-corrected chi connectivity index (χ4v) is 1.63. The van der Waals surface area contributed by atoms with Gasteiger partial charge in [-0.15, -0.1) is 0 Å². The van der Waals surface area contributed by atoms with E-state index in [0.29, 0.717) is 15.8 Å². The molecule has 0 saturated heterocycles. The summed E-state index contributed by atoms with van der Waals surface area (Å²) in [6.45, 7) is 5.21. The van der Waals surface area contributed by atoms with Gasteiger partial charge in [0.25, 0.3) is 0 Å². The Morgan fingerprint density at radius 2 is 1.71 bits per heavy atom. The van der Waals surface area contributed by atoms with Crippen molar-refractivity contribution in [3.05, 3.63) is 28.2 Å². The zero-order valence-electron chi connectivity index (χ0n) is 9.92. The molecule has 0 N–H and O–H groups in total. The topological polar surface area (TPSA) is 35.5 Å². The first kappa shape index (κ1) is 14.1. The fourth-order valence-electron chi connectivity index (χ4n) is 1.13. The molecule has 0 saturated carbocycles. The van der Waals surface area contributed by atoms with Gasteiger partial charge >= 0.3 is 5.97 Å². The molecule has 0 aliphatic carbocycles. The van der Waals surface area contributed by atoms with Gasteiger partial charge in [0.1, 0.15) is 11.4 Å². The molecule has 0 atom stereocenters. The number of benzene rings is 1. The van der Waals surface area contributed by atoms with Crippen molar-refractivity contribution < 1.29 is 14.3 Å². The maximum Gasteiger partial charge on any atom is 0.344 e. The summed E-state index contributed by atoms with van der Waals surface area (Å²) in [6.07, 6.45) is 0. The van der Waals surface area contributed by atoms with Crippen LogP contribution in [0.15, 0.2) is 18.2 Å². The number of hydrogen-bond donors (Lipinski definition) is 0. The Morgan fingerprint density at radius 1 is 1.18 bits per heavy atom. The number of hydrogen-bond acceptors (Lipinski definition) is 3. The Morgan fingerprint density at radius 3 is 2.18 bits per heavy atom. The summed E-state index contributed by atoms with van der Waals surface area (Å²) >= 11 is 11.6. The highest BCUT2D eigenvalue weighted by molar-refractivity contribution is 6.34. The first-order valence-corrected chi connectivity index (χ1v) is 5.82. The zero-order chi connectivity index (χ0) is 13.1. The molecule has 1 aromatic rings. The van der Waals surface area contributed by atoms with Gasteiger partial charge in [-0.25, -0.2) is 4.79 Å². The maximum atomic E-state index is 11.4. The van der Waals surface area contributed by atoms with Gasteiger partial charge < -0.3 is 9.47 Å². The van der Waals surface area contributed by atoms with Crippen molar-refractivity contribution >= 4 is 29.2 Å². The molecule has 0 unspecified atom stereocenters. The van der Waals surface area contributed by atoms with Gasteiger partial charge in [-0.2, -0.15) is 0 Å². The lowest BCUT2D eigenvalue weighted by Crippen LogP contribution is -2.27. The van der Waals surface area contributed by atoms with Gasteiger partial charge in [0, 0.05) is 10.0 Å². The molecule has 94 valence electrons. The minimum absolute atomic E-state index is 0.173. The van der Waals surface area contributed by atoms with Crippen LogP contribution in [-0.4, -0.2) is 18.2 Å². The van der Waals surface area contributed by atoms with Gasteiger partial charge in [0.05, 0.1) is 0 Å². The molecule has 0 radical (unpaired) electrons. The first-order valence-electron chi connectivity index (χ1n) is 5.07. The van der Waals surface area contributed by atoms with E-state index in [9.17, 15) is 4.79 Å². The Kier molecular flexibility index (Phi) is 4.66. The predicted molar refractivity (Wildman–Crippen MR) is 67.8 cm³/mol. The second kappa shape index (κ2) is 5.61.